The molecule has 9 heteroatoms. The summed E-state index contributed by atoms with van der Waals surface area (Å²) in [5.41, 5.74) is -0.452. The number of halogens is 1. The van der Waals surface area contributed by atoms with E-state index in [1.807, 2.05) is 0 Å². The van der Waals surface area contributed by atoms with Gasteiger partial charge in [-0.05, 0) is 22.9 Å². The number of aryl methyl sites for hydroxylation is 1. The second-order valence-corrected chi connectivity index (χ2v) is 5.21. The fourth-order valence-electron chi connectivity index (χ4n) is 1.81. The van der Waals surface area contributed by atoms with Crippen LogP contribution in [-0.4, -0.2) is 26.5 Å². The number of hydrogen-bond donors (Lipinski definition) is 1. The van der Waals surface area contributed by atoms with Crippen molar-refractivity contribution in [3.05, 3.63) is 54.8 Å². The van der Waals surface area contributed by atoms with Crippen LogP contribution in [0.4, 0.5) is 11.5 Å². The molecular weight excluding hydrogens is 342 g/mol. The molecule has 2 heterocycles. The molecule has 0 bridgehead atoms. The van der Waals surface area contributed by atoms with E-state index >= 15 is 0 Å². The van der Waals surface area contributed by atoms with Crippen LogP contribution in [0.2, 0.25) is 0 Å². The zero-order valence-corrected chi connectivity index (χ0v) is 12.9. The van der Waals surface area contributed by atoms with Crippen LogP contribution in [-0.2, 0) is 6.54 Å². The molecule has 2 rings (SSSR count). The van der Waals surface area contributed by atoms with Crippen LogP contribution < -0.4 is 10.9 Å². The largest absolute Gasteiger partial charge is 0.373 e. The molecule has 1 N–H and O–H groups in total. The summed E-state index contributed by atoms with van der Waals surface area (Å²) in [5.74, 6) is 1.02. The molecule has 0 unspecified atom stereocenters. The first-order chi connectivity index (χ1) is 9.90. The third-order valence-electron chi connectivity index (χ3n) is 2.70. The highest BCUT2D eigenvalue weighted by atomic mass is 79.9. The minimum atomic E-state index is -0.709. The van der Waals surface area contributed by atoms with Crippen LogP contribution in [0.1, 0.15) is 11.5 Å². The summed E-state index contributed by atoms with van der Waals surface area (Å²) in [6.07, 6.45) is 1.47. The first-order valence-electron chi connectivity index (χ1n) is 5.97. The molecule has 2 aromatic heterocycles. The smallest absolute Gasteiger partial charge is 0.335 e. The van der Waals surface area contributed by atoms with E-state index in [0.29, 0.717) is 16.1 Å². The summed E-state index contributed by atoms with van der Waals surface area (Å²) in [7, 11) is 1.72. The molecule has 0 fully saturated rings. The van der Waals surface area contributed by atoms with Crippen molar-refractivity contribution < 1.29 is 4.92 Å². The van der Waals surface area contributed by atoms with Gasteiger partial charge >= 0.3 is 11.2 Å². The van der Waals surface area contributed by atoms with E-state index in [2.05, 4.69) is 31.2 Å². The van der Waals surface area contributed by atoms with E-state index in [-0.39, 0.29) is 6.54 Å². The van der Waals surface area contributed by atoms with Crippen molar-refractivity contribution in [1.82, 2.24) is 14.5 Å². The number of pyridine rings is 1. The Bertz CT molecular complexity index is 759. The van der Waals surface area contributed by atoms with E-state index < -0.39 is 16.2 Å². The Morgan fingerprint density at radius 2 is 2.14 bits per heavy atom. The molecule has 0 aromatic carbocycles. The van der Waals surface area contributed by atoms with Crippen LogP contribution in [0.3, 0.4) is 0 Å². The average molecular weight is 354 g/mol. The van der Waals surface area contributed by atoms with Gasteiger partial charge in [0.25, 0.3) is 0 Å². The lowest BCUT2D eigenvalue weighted by Crippen LogP contribution is -2.23. The van der Waals surface area contributed by atoms with Gasteiger partial charge in [0.15, 0.2) is 5.82 Å². The number of nitrogens with one attached hydrogen (secondary N) is 1. The molecule has 0 saturated heterocycles. The van der Waals surface area contributed by atoms with E-state index in [4.69, 9.17) is 0 Å². The van der Waals surface area contributed by atoms with E-state index in [9.17, 15) is 14.9 Å². The number of hydrogen-bond acceptors (Lipinski definition) is 6. The summed E-state index contributed by atoms with van der Waals surface area (Å²) in [6, 6.07) is 2.94. The predicted molar refractivity (Wildman–Crippen MR) is 80.5 cm³/mol. The third kappa shape index (κ3) is 3.43. The summed E-state index contributed by atoms with van der Waals surface area (Å²) < 4.78 is 1.64. The Morgan fingerprint density at radius 1 is 1.43 bits per heavy atom. The number of anilines is 1. The molecule has 0 aliphatic heterocycles. The Kier molecular flexibility index (Phi) is 4.32. The van der Waals surface area contributed by atoms with Gasteiger partial charge in [-0.2, -0.15) is 0 Å². The Balaban J connectivity index is 2.47. The maximum Gasteiger partial charge on any atom is 0.335 e. The highest BCUT2D eigenvalue weighted by Gasteiger charge is 2.16. The lowest BCUT2D eigenvalue weighted by Gasteiger charge is -2.08. The van der Waals surface area contributed by atoms with Crippen molar-refractivity contribution in [3.8, 4) is 0 Å². The highest BCUT2D eigenvalue weighted by molar-refractivity contribution is 9.10. The zero-order chi connectivity index (χ0) is 15.6. The van der Waals surface area contributed by atoms with Crippen LogP contribution in [0.25, 0.3) is 0 Å². The maximum atomic E-state index is 12.0. The lowest BCUT2D eigenvalue weighted by atomic mass is 10.3. The Hall–Kier alpha value is -2.29. The Morgan fingerprint density at radius 3 is 2.76 bits per heavy atom. The van der Waals surface area contributed by atoms with Crippen molar-refractivity contribution in [2.75, 3.05) is 12.4 Å². The zero-order valence-electron chi connectivity index (χ0n) is 11.3. The average Bonchev–Trinajstić information content (AvgIpc) is 2.41. The van der Waals surface area contributed by atoms with Crippen molar-refractivity contribution in [2.45, 2.75) is 13.5 Å². The summed E-state index contributed by atoms with van der Waals surface area (Å²) in [6.45, 7) is 1.85. The molecule has 8 nitrogen and oxygen atoms in total. The number of aromatic nitrogens is 3. The molecule has 0 saturated carbocycles. The molecule has 0 amide bonds. The third-order valence-corrected chi connectivity index (χ3v) is 3.13. The molecule has 0 atom stereocenters. The second-order valence-electron chi connectivity index (χ2n) is 4.29. The fourth-order valence-corrected chi connectivity index (χ4v) is 2.28. The lowest BCUT2D eigenvalue weighted by molar-refractivity contribution is -0.386. The predicted octanol–water partition coefficient (Wildman–Crippen LogP) is 1.71. The van der Waals surface area contributed by atoms with Crippen LogP contribution in [0.15, 0.2) is 27.6 Å². The van der Waals surface area contributed by atoms with Gasteiger partial charge in [-0.15, -0.1) is 0 Å². The maximum absolute atomic E-state index is 12.0. The minimum absolute atomic E-state index is 0.0511. The number of rotatable bonds is 4. The van der Waals surface area contributed by atoms with Crippen LogP contribution in [0.5, 0.6) is 0 Å². The number of nitro groups is 1. The number of nitrogens with zero attached hydrogens (tertiary/aromatic N) is 4. The molecule has 0 radical (unpaired) electrons. The first-order valence-corrected chi connectivity index (χ1v) is 6.76. The molecular formula is C12H12BrN5O3. The van der Waals surface area contributed by atoms with Gasteiger partial charge < -0.3 is 9.88 Å². The summed E-state index contributed by atoms with van der Waals surface area (Å²) in [5, 5.41) is 13.8. The van der Waals surface area contributed by atoms with E-state index in [0.717, 1.165) is 5.69 Å². The van der Waals surface area contributed by atoms with Gasteiger partial charge in [-0.1, -0.05) is 0 Å². The second kappa shape index (κ2) is 6.00. The van der Waals surface area contributed by atoms with Crippen LogP contribution in [0, 0.1) is 17.0 Å². The van der Waals surface area contributed by atoms with Crippen molar-refractivity contribution in [2.24, 2.45) is 0 Å². The summed E-state index contributed by atoms with van der Waals surface area (Å²) in [4.78, 5) is 30.6. The highest BCUT2D eigenvalue weighted by Crippen LogP contribution is 2.14. The standard InChI is InChI=1S/C12H12BrN5O3/c1-7-3-10(14-2)16-11(15-7)6-17-5-8(13)4-9(12(17)19)18(20)21/h3-5H,6H2,1-2H3,(H,14,15,16). The summed E-state index contributed by atoms with van der Waals surface area (Å²) >= 11 is 3.15. The molecule has 110 valence electrons. The quantitative estimate of drug-likeness (QED) is 0.662. The molecule has 0 aliphatic rings. The van der Waals surface area contributed by atoms with Crippen molar-refractivity contribution in [3.63, 3.8) is 0 Å². The van der Waals surface area contributed by atoms with E-state index in [1.54, 1.807) is 20.0 Å². The van der Waals surface area contributed by atoms with Crippen molar-refractivity contribution in [1.29, 1.82) is 0 Å². The van der Waals surface area contributed by atoms with Gasteiger partial charge in [-0.3, -0.25) is 14.9 Å². The SMILES string of the molecule is CNc1cc(C)nc(Cn2cc(Br)cc([N+](=O)[O-])c2=O)n1. The fraction of sp³-hybridized carbons (Fsp3) is 0.250. The first kappa shape index (κ1) is 15.1. The topological polar surface area (TPSA) is 103 Å². The van der Waals surface area contributed by atoms with Gasteiger partial charge in [0.2, 0.25) is 0 Å². The Labute approximate surface area is 128 Å². The van der Waals surface area contributed by atoms with Gasteiger partial charge in [0, 0.05) is 35.5 Å². The van der Waals surface area contributed by atoms with Gasteiger partial charge in [0.1, 0.15) is 5.82 Å². The van der Waals surface area contributed by atoms with Gasteiger partial charge in [0.05, 0.1) is 11.5 Å². The van der Waals surface area contributed by atoms with Crippen molar-refractivity contribution >= 4 is 27.4 Å². The molecule has 0 aliphatic carbocycles. The monoisotopic (exact) mass is 353 g/mol. The molecule has 0 spiro atoms. The molecule has 21 heavy (non-hydrogen) atoms. The molecule has 2 aromatic rings. The minimum Gasteiger partial charge on any atom is -0.373 e. The van der Waals surface area contributed by atoms with Crippen LogP contribution >= 0.6 is 15.9 Å². The van der Waals surface area contributed by atoms with Gasteiger partial charge in [-0.25, -0.2) is 9.97 Å². The normalized spacial score (nSPS) is 10.4. The van der Waals surface area contributed by atoms with E-state index in [1.165, 1.54) is 16.8 Å².